The van der Waals surface area contributed by atoms with E-state index in [4.69, 9.17) is 5.73 Å². The first-order chi connectivity index (χ1) is 11.2. The SMILES string of the molecule is Cc1nc(N)sc1-c1ccnc(Nc2cccc(-n3oo3)c2)n1. The third-order valence-corrected chi connectivity index (χ3v) is 4.17. The van der Waals surface area contributed by atoms with Gasteiger partial charge in [-0.15, -0.1) is 9.36 Å². The Morgan fingerprint density at radius 2 is 2.09 bits per heavy atom. The summed E-state index contributed by atoms with van der Waals surface area (Å²) in [4.78, 5) is 15.2. The summed E-state index contributed by atoms with van der Waals surface area (Å²) in [6.07, 6.45) is 1.69. The van der Waals surface area contributed by atoms with E-state index in [1.807, 2.05) is 37.3 Å². The van der Waals surface area contributed by atoms with Gasteiger partial charge in [-0.3, -0.25) is 0 Å². The highest BCUT2D eigenvalue weighted by atomic mass is 32.1. The molecule has 0 aliphatic carbocycles. The van der Waals surface area contributed by atoms with Crippen LogP contribution in [0.3, 0.4) is 0 Å². The lowest BCUT2D eigenvalue weighted by molar-refractivity contribution is 0.264. The molecular formula is C14H12N6O2S. The number of nitrogens with zero attached hydrogens (tertiary/aromatic N) is 4. The molecule has 0 saturated carbocycles. The smallest absolute Gasteiger partial charge is 0.227 e. The lowest BCUT2D eigenvalue weighted by Crippen LogP contribution is -1.98. The fourth-order valence-electron chi connectivity index (χ4n) is 2.13. The van der Waals surface area contributed by atoms with E-state index in [1.165, 1.54) is 16.2 Å². The van der Waals surface area contributed by atoms with Crippen molar-refractivity contribution in [2.24, 2.45) is 0 Å². The summed E-state index contributed by atoms with van der Waals surface area (Å²) in [6.45, 7) is 1.91. The molecule has 0 saturated heterocycles. The number of nitrogens with one attached hydrogen (secondary N) is 1. The highest BCUT2D eigenvalue weighted by molar-refractivity contribution is 7.18. The number of anilines is 3. The number of nitrogens with two attached hydrogens (primary N) is 1. The molecule has 0 amide bonds. The van der Waals surface area contributed by atoms with Crippen LogP contribution in [0.4, 0.5) is 16.8 Å². The minimum absolute atomic E-state index is 0.485. The number of benzene rings is 1. The van der Waals surface area contributed by atoms with Crippen LogP contribution in [-0.4, -0.2) is 19.9 Å². The first-order valence-electron chi connectivity index (χ1n) is 6.77. The highest BCUT2D eigenvalue weighted by Gasteiger charge is 2.11. The molecule has 0 radical (unpaired) electrons. The van der Waals surface area contributed by atoms with E-state index in [2.05, 4.69) is 29.6 Å². The van der Waals surface area contributed by atoms with Crippen LogP contribution in [0.5, 0.6) is 0 Å². The van der Waals surface area contributed by atoms with Gasteiger partial charge in [0.2, 0.25) is 5.95 Å². The number of hydrogen-bond acceptors (Lipinski definition) is 8. The molecule has 8 nitrogen and oxygen atoms in total. The zero-order valence-corrected chi connectivity index (χ0v) is 12.9. The van der Waals surface area contributed by atoms with Crippen molar-refractivity contribution in [2.45, 2.75) is 6.92 Å². The Labute approximate surface area is 134 Å². The summed E-state index contributed by atoms with van der Waals surface area (Å²) < 4.78 is 9.30. The summed E-state index contributed by atoms with van der Waals surface area (Å²) in [5.74, 6) is 0.485. The quantitative estimate of drug-likeness (QED) is 0.554. The largest absolute Gasteiger partial charge is 0.375 e. The maximum absolute atomic E-state index is 5.75. The maximum Gasteiger partial charge on any atom is 0.227 e. The molecule has 3 N–H and O–H groups in total. The van der Waals surface area contributed by atoms with E-state index >= 15 is 0 Å². The molecule has 23 heavy (non-hydrogen) atoms. The molecule has 9 heteroatoms. The number of aryl methyl sites for hydroxylation is 1. The predicted molar refractivity (Wildman–Crippen MR) is 85.9 cm³/mol. The fourth-order valence-corrected chi connectivity index (χ4v) is 2.93. The van der Waals surface area contributed by atoms with Crippen LogP contribution in [0, 0.1) is 6.92 Å². The molecule has 0 spiro atoms. The second-order valence-corrected chi connectivity index (χ2v) is 5.84. The second-order valence-electron chi connectivity index (χ2n) is 4.81. The lowest BCUT2D eigenvalue weighted by Gasteiger charge is -2.06. The van der Waals surface area contributed by atoms with Gasteiger partial charge in [-0.25, -0.2) is 15.0 Å². The zero-order valence-electron chi connectivity index (χ0n) is 12.1. The zero-order chi connectivity index (χ0) is 15.8. The van der Waals surface area contributed by atoms with E-state index in [9.17, 15) is 0 Å². The Balaban J connectivity index is 1.63. The van der Waals surface area contributed by atoms with Gasteiger partial charge < -0.3 is 11.1 Å². The summed E-state index contributed by atoms with van der Waals surface area (Å²) in [7, 11) is 0. The average molecular weight is 328 g/mol. The molecular weight excluding hydrogens is 316 g/mol. The lowest BCUT2D eigenvalue weighted by atomic mass is 10.3. The molecule has 4 rings (SSSR count). The monoisotopic (exact) mass is 328 g/mol. The Morgan fingerprint density at radius 1 is 1.22 bits per heavy atom. The Hall–Kier alpha value is -3.07. The van der Waals surface area contributed by atoms with E-state index in [-0.39, 0.29) is 0 Å². The molecule has 4 aromatic rings. The topological polar surface area (TPSA) is 108 Å². The number of aromatic nitrogens is 4. The van der Waals surface area contributed by atoms with Crippen molar-refractivity contribution in [1.29, 1.82) is 0 Å². The van der Waals surface area contributed by atoms with Gasteiger partial charge in [0, 0.05) is 11.9 Å². The van der Waals surface area contributed by atoms with Gasteiger partial charge in [0.1, 0.15) is 5.69 Å². The Kier molecular flexibility index (Phi) is 3.12. The Bertz CT molecular complexity index is 942. The second kappa shape index (κ2) is 5.29. The summed E-state index contributed by atoms with van der Waals surface area (Å²) in [5, 5.41) is 3.68. The number of thiazole rings is 1. The molecule has 116 valence electrons. The van der Waals surface area contributed by atoms with Crippen LogP contribution in [0.2, 0.25) is 0 Å². The molecule has 3 heterocycles. The molecule has 0 aliphatic heterocycles. The van der Waals surface area contributed by atoms with E-state index in [1.54, 1.807) is 6.20 Å². The van der Waals surface area contributed by atoms with Gasteiger partial charge in [0.25, 0.3) is 0 Å². The van der Waals surface area contributed by atoms with Gasteiger partial charge in [-0.2, -0.15) is 0 Å². The minimum Gasteiger partial charge on any atom is -0.375 e. The van der Waals surface area contributed by atoms with Gasteiger partial charge in [0.05, 0.1) is 21.2 Å². The molecule has 0 aliphatic rings. The standard InChI is InChI=1S/C14H12N6O2S/c1-8-12(23-13(15)17-8)11-5-6-16-14(19-11)18-9-3-2-4-10(7-9)20-21-22-20/h2-7H,1H3,(H2,15,17)(H,16,18,19). The fraction of sp³-hybridized carbons (Fsp3) is 0.0714. The molecule has 0 fully saturated rings. The van der Waals surface area contributed by atoms with Crippen LogP contribution >= 0.6 is 11.3 Å². The van der Waals surface area contributed by atoms with E-state index in [0.717, 1.165) is 27.6 Å². The minimum atomic E-state index is 0.485. The van der Waals surface area contributed by atoms with Crippen LogP contribution in [-0.2, 0) is 0 Å². The van der Waals surface area contributed by atoms with Crippen LogP contribution in [0.15, 0.2) is 45.9 Å². The number of hydrogen-bond donors (Lipinski definition) is 2. The van der Waals surface area contributed by atoms with Crippen LogP contribution < -0.4 is 11.1 Å². The third-order valence-electron chi connectivity index (χ3n) is 3.16. The first kappa shape index (κ1) is 13.6. The van der Waals surface area contributed by atoms with Crippen molar-refractivity contribution >= 4 is 28.1 Å². The molecule has 3 aromatic heterocycles. The van der Waals surface area contributed by atoms with E-state index < -0.39 is 0 Å². The van der Waals surface area contributed by atoms with Gasteiger partial charge in [0.15, 0.2) is 5.13 Å². The first-order valence-corrected chi connectivity index (χ1v) is 7.59. The summed E-state index contributed by atoms with van der Waals surface area (Å²) >= 11 is 1.41. The third kappa shape index (κ3) is 2.81. The highest BCUT2D eigenvalue weighted by Crippen LogP contribution is 2.30. The summed E-state index contributed by atoms with van der Waals surface area (Å²) in [5.41, 5.74) is 8.98. The van der Waals surface area contributed by atoms with Gasteiger partial charge in [-0.1, -0.05) is 17.4 Å². The molecule has 0 unspecified atom stereocenters. The number of nitrogen functional groups attached to an aromatic ring is 1. The summed E-state index contributed by atoms with van der Waals surface area (Å²) in [6, 6.07) is 9.33. The van der Waals surface area contributed by atoms with Crippen molar-refractivity contribution in [1.82, 2.24) is 19.9 Å². The number of rotatable bonds is 4. The Morgan fingerprint density at radius 3 is 2.83 bits per heavy atom. The van der Waals surface area contributed by atoms with Crippen molar-refractivity contribution in [3.05, 3.63) is 42.2 Å². The molecule has 0 atom stereocenters. The predicted octanol–water partition coefficient (Wildman–Crippen LogP) is 3.21. The van der Waals surface area contributed by atoms with Crippen molar-refractivity contribution in [2.75, 3.05) is 11.1 Å². The normalized spacial score (nSPS) is 11.0. The van der Waals surface area contributed by atoms with Crippen molar-refractivity contribution in [3.63, 3.8) is 0 Å². The molecule has 0 bridgehead atoms. The van der Waals surface area contributed by atoms with Crippen LogP contribution in [0.25, 0.3) is 16.3 Å². The average Bonchev–Trinajstić information content (AvgIpc) is 3.33. The van der Waals surface area contributed by atoms with E-state index in [0.29, 0.717) is 11.1 Å². The van der Waals surface area contributed by atoms with Crippen LogP contribution in [0.1, 0.15) is 5.69 Å². The van der Waals surface area contributed by atoms with Gasteiger partial charge in [-0.05, 0) is 31.2 Å². The van der Waals surface area contributed by atoms with Crippen molar-refractivity contribution < 1.29 is 9.36 Å². The van der Waals surface area contributed by atoms with Gasteiger partial charge >= 0.3 is 0 Å². The maximum atomic E-state index is 5.75. The van der Waals surface area contributed by atoms with Crippen molar-refractivity contribution in [3.8, 4) is 16.3 Å². The molecule has 1 aromatic carbocycles.